The smallest absolute Gasteiger partial charge is 0.141 e. The molecule has 1 N–H and O–H groups in total. The standard InChI is InChI=1S/C12H18BrFN2O/c1-16(2)7-5-15-6-8-17-10-3-4-11(13)12(14)9-10/h3-4,9,15H,5-8H2,1-2H3. The first-order chi connectivity index (χ1) is 8.09. The highest BCUT2D eigenvalue weighted by Crippen LogP contribution is 2.20. The van der Waals surface area contributed by atoms with Crippen molar-refractivity contribution >= 4 is 15.9 Å². The third-order valence-corrected chi connectivity index (χ3v) is 2.82. The van der Waals surface area contributed by atoms with Crippen LogP contribution in [0.1, 0.15) is 0 Å². The lowest BCUT2D eigenvalue weighted by Crippen LogP contribution is -2.29. The van der Waals surface area contributed by atoms with Gasteiger partial charge in [0.2, 0.25) is 0 Å². The van der Waals surface area contributed by atoms with E-state index < -0.39 is 0 Å². The zero-order valence-corrected chi connectivity index (χ0v) is 11.8. The average Bonchev–Trinajstić information content (AvgIpc) is 2.27. The number of nitrogens with one attached hydrogen (secondary N) is 1. The fourth-order valence-corrected chi connectivity index (χ4v) is 1.48. The number of likely N-dealkylation sites (N-methyl/N-ethyl adjacent to an activating group) is 1. The molecule has 0 bridgehead atoms. The molecule has 0 radical (unpaired) electrons. The van der Waals surface area contributed by atoms with Gasteiger partial charge < -0.3 is 15.0 Å². The number of hydrogen-bond donors (Lipinski definition) is 1. The predicted molar refractivity (Wildman–Crippen MR) is 71.0 cm³/mol. The largest absolute Gasteiger partial charge is 0.492 e. The zero-order chi connectivity index (χ0) is 12.7. The van der Waals surface area contributed by atoms with Crippen LogP contribution in [0, 0.1) is 5.82 Å². The summed E-state index contributed by atoms with van der Waals surface area (Å²) < 4.78 is 19.0. The number of rotatable bonds is 7. The van der Waals surface area contributed by atoms with Crippen LogP contribution in [0.15, 0.2) is 22.7 Å². The Labute approximate surface area is 110 Å². The summed E-state index contributed by atoms with van der Waals surface area (Å²) >= 11 is 3.10. The fourth-order valence-electron chi connectivity index (χ4n) is 1.24. The van der Waals surface area contributed by atoms with Gasteiger partial charge in [0, 0.05) is 25.7 Å². The van der Waals surface area contributed by atoms with Gasteiger partial charge in [-0.1, -0.05) is 0 Å². The number of ether oxygens (including phenoxy) is 1. The van der Waals surface area contributed by atoms with E-state index in [1.54, 1.807) is 12.1 Å². The molecule has 0 saturated heterocycles. The predicted octanol–water partition coefficient (Wildman–Crippen LogP) is 2.12. The lowest BCUT2D eigenvalue weighted by atomic mass is 10.3. The Morgan fingerprint density at radius 2 is 2.12 bits per heavy atom. The Morgan fingerprint density at radius 3 is 2.76 bits per heavy atom. The molecule has 0 heterocycles. The SMILES string of the molecule is CN(C)CCNCCOc1ccc(Br)c(F)c1. The highest BCUT2D eigenvalue weighted by Gasteiger charge is 2.00. The lowest BCUT2D eigenvalue weighted by Gasteiger charge is -2.11. The van der Waals surface area contributed by atoms with Crippen LogP contribution in [0.3, 0.4) is 0 Å². The molecule has 0 unspecified atom stereocenters. The van der Waals surface area contributed by atoms with Crippen molar-refractivity contribution in [2.24, 2.45) is 0 Å². The maximum absolute atomic E-state index is 13.1. The monoisotopic (exact) mass is 304 g/mol. The summed E-state index contributed by atoms with van der Waals surface area (Å²) in [6, 6.07) is 4.76. The molecular weight excluding hydrogens is 287 g/mol. The minimum atomic E-state index is -0.303. The quantitative estimate of drug-likeness (QED) is 0.781. The van der Waals surface area contributed by atoms with Crippen molar-refractivity contribution in [1.82, 2.24) is 10.2 Å². The molecule has 1 aromatic rings. The summed E-state index contributed by atoms with van der Waals surface area (Å²) in [6.45, 7) is 3.21. The Hall–Kier alpha value is -0.650. The molecule has 3 nitrogen and oxygen atoms in total. The molecule has 1 aromatic carbocycles. The summed E-state index contributed by atoms with van der Waals surface area (Å²) in [5.74, 6) is 0.253. The van der Waals surface area contributed by atoms with E-state index in [0.717, 1.165) is 19.6 Å². The third kappa shape index (κ3) is 6.00. The van der Waals surface area contributed by atoms with E-state index in [1.807, 2.05) is 14.1 Å². The van der Waals surface area contributed by atoms with E-state index in [-0.39, 0.29) is 5.82 Å². The zero-order valence-electron chi connectivity index (χ0n) is 10.2. The summed E-state index contributed by atoms with van der Waals surface area (Å²) in [7, 11) is 4.06. The number of halogens is 2. The second-order valence-electron chi connectivity index (χ2n) is 3.98. The van der Waals surface area contributed by atoms with E-state index in [2.05, 4.69) is 26.1 Å². The third-order valence-electron chi connectivity index (χ3n) is 2.17. The molecule has 96 valence electrons. The second-order valence-corrected chi connectivity index (χ2v) is 4.83. The van der Waals surface area contributed by atoms with Crippen LogP contribution >= 0.6 is 15.9 Å². The van der Waals surface area contributed by atoms with Crippen LogP contribution in [0.4, 0.5) is 4.39 Å². The van der Waals surface area contributed by atoms with E-state index >= 15 is 0 Å². The first-order valence-corrected chi connectivity index (χ1v) is 6.32. The molecule has 17 heavy (non-hydrogen) atoms. The van der Waals surface area contributed by atoms with Gasteiger partial charge in [-0.2, -0.15) is 0 Å². The van der Waals surface area contributed by atoms with Crippen LogP contribution in [0.25, 0.3) is 0 Å². The Morgan fingerprint density at radius 1 is 1.35 bits per heavy atom. The number of nitrogens with zero attached hydrogens (tertiary/aromatic N) is 1. The van der Waals surface area contributed by atoms with Gasteiger partial charge >= 0.3 is 0 Å². The summed E-state index contributed by atoms with van der Waals surface area (Å²) in [5, 5.41) is 3.24. The van der Waals surface area contributed by atoms with Crippen molar-refractivity contribution in [2.45, 2.75) is 0 Å². The molecule has 0 amide bonds. The van der Waals surface area contributed by atoms with Gasteiger partial charge in [-0.25, -0.2) is 4.39 Å². The average molecular weight is 305 g/mol. The van der Waals surface area contributed by atoms with E-state index in [9.17, 15) is 4.39 Å². The molecule has 0 aliphatic carbocycles. The molecule has 0 spiro atoms. The van der Waals surface area contributed by atoms with Crippen molar-refractivity contribution in [2.75, 3.05) is 40.3 Å². The van der Waals surface area contributed by atoms with E-state index in [4.69, 9.17) is 4.74 Å². The molecule has 1 rings (SSSR count). The van der Waals surface area contributed by atoms with Crippen LogP contribution in [-0.4, -0.2) is 45.2 Å². The van der Waals surface area contributed by atoms with Gasteiger partial charge in [-0.15, -0.1) is 0 Å². The fraction of sp³-hybridized carbons (Fsp3) is 0.500. The summed E-state index contributed by atoms with van der Waals surface area (Å²) in [5.41, 5.74) is 0. The Kier molecular flexibility index (Phi) is 6.47. The molecular formula is C12H18BrFN2O. The molecule has 5 heteroatoms. The lowest BCUT2D eigenvalue weighted by molar-refractivity contribution is 0.307. The first kappa shape index (κ1) is 14.4. The van der Waals surface area contributed by atoms with Gasteiger partial charge in [-0.05, 0) is 42.2 Å². The van der Waals surface area contributed by atoms with Crippen LogP contribution in [-0.2, 0) is 0 Å². The van der Waals surface area contributed by atoms with Gasteiger partial charge in [0.25, 0.3) is 0 Å². The summed E-state index contributed by atoms with van der Waals surface area (Å²) in [4.78, 5) is 2.11. The first-order valence-electron chi connectivity index (χ1n) is 5.53. The highest BCUT2D eigenvalue weighted by molar-refractivity contribution is 9.10. The Bertz CT molecular complexity index is 347. The number of benzene rings is 1. The van der Waals surface area contributed by atoms with Crippen LogP contribution in [0.5, 0.6) is 5.75 Å². The molecule has 0 aliphatic heterocycles. The van der Waals surface area contributed by atoms with E-state index in [0.29, 0.717) is 16.8 Å². The second kappa shape index (κ2) is 7.63. The van der Waals surface area contributed by atoms with Gasteiger partial charge in [0.05, 0.1) is 4.47 Å². The minimum absolute atomic E-state index is 0.303. The molecule has 0 aromatic heterocycles. The number of hydrogen-bond acceptors (Lipinski definition) is 3. The van der Waals surface area contributed by atoms with Crippen LogP contribution in [0.2, 0.25) is 0 Å². The molecule has 0 fully saturated rings. The Balaban J connectivity index is 2.16. The normalized spacial score (nSPS) is 10.9. The highest BCUT2D eigenvalue weighted by atomic mass is 79.9. The van der Waals surface area contributed by atoms with Crippen molar-refractivity contribution in [1.29, 1.82) is 0 Å². The van der Waals surface area contributed by atoms with Crippen molar-refractivity contribution in [3.63, 3.8) is 0 Å². The maximum atomic E-state index is 13.1. The maximum Gasteiger partial charge on any atom is 0.141 e. The van der Waals surface area contributed by atoms with Gasteiger partial charge in [0.1, 0.15) is 18.2 Å². The minimum Gasteiger partial charge on any atom is -0.492 e. The van der Waals surface area contributed by atoms with Crippen molar-refractivity contribution < 1.29 is 9.13 Å². The van der Waals surface area contributed by atoms with Crippen molar-refractivity contribution in [3.05, 3.63) is 28.5 Å². The van der Waals surface area contributed by atoms with E-state index in [1.165, 1.54) is 6.07 Å². The summed E-state index contributed by atoms with van der Waals surface area (Å²) in [6.07, 6.45) is 0. The molecule has 0 aliphatic rings. The molecule has 0 atom stereocenters. The topological polar surface area (TPSA) is 24.5 Å². The van der Waals surface area contributed by atoms with Gasteiger partial charge in [-0.3, -0.25) is 0 Å². The molecule has 0 saturated carbocycles. The van der Waals surface area contributed by atoms with Gasteiger partial charge in [0.15, 0.2) is 0 Å². The van der Waals surface area contributed by atoms with Crippen LogP contribution < -0.4 is 10.1 Å². The van der Waals surface area contributed by atoms with Crippen molar-refractivity contribution in [3.8, 4) is 5.75 Å².